The van der Waals surface area contributed by atoms with Crippen LogP contribution in [0.5, 0.6) is 0 Å². The highest BCUT2D eigenvalue weighted by Crippen LogP contribution is 2.53. The summed E-state index contributed by atoms with van der Waals surface area (Å²) < 4.78 is 5.36. The monoisotopic (exact) mass is 404 g/mol. The maximum absolute atomic E-state index is 13.3. The first-order valence-electron chi connectivity index (χ1n) is 10.4. The van der Waals surface area contributed by atoms with Crippen LogP contribution in [0.4, 0.5) is 17.1 Å². The van der Waals surface area contributed by atoms with Gasteiger partial charge in [0, 0.05) is 0 Å². The van der Waals surface area contributed by atoms with Crippen molar-refractivity contribution in [3.63, 3.8) is 0 Å². The topological polar surface area (TPSA) is 74.2 Å². The van der Waals surface area contributed by atoms with Crippen LogP contribution in [0.1, 0.15) is 31.7 Å². The number of hydrogen-bond donors (Lipinski definition) is 1. The minimum Gasteiger partial charge on any atom is -0.460 e. The highest BCUT2D eigenvalue weighted by molar-refractivity contribution is 6.43. The van der Waals surface area contributed by atoms with Crippen LogP contribution >= 0.6 is 0 Å². The van der Waals surface area contributed by atoms with Crippen LogP contribution in [-0.2, 0) is 14.3 Å². The largest absolute Gasteiger partial charge is 0.460 e. The number of fused-ring (bicyclic) bond motifs is 2. The molecule has 7 heteroatoms. The Kier molecular flexibility index (Phi) is 4.27. The van der Waals surface area contributed by atoms with E-state index in [1.807, 2.05) is 65.4 Å². The highest BCUT2D eigenvalue weighted by atomic mass is 16.5. The SMILES string of the molecule is CCOC(=O)C1=NN(c2ccc(C)cc2)[C@]23CCC[C@H]2C(=O)Nc2ccccc2N13. The summed E-state index contributed by atoms with van der Waals surface area (Å²) in [4.78, 5) is 28.2. The summed E-state index contributed by atoms with van der Waals surface area (Å²) in [7, 11) is 0. The van der Waals surface area contributed by atoms with Crippen LogP contribution in [0.15, 0.2) is 53.6 Å². The quantitative estimate of drug-likeness (QED) is 0.791. The third-order valence-electron chi connectivity index (χ3n) is 6.21. The van der Waals surface area contributed by atoms with Gasteiger partial charge in [-0.2, -0.15) is 0 Å². The van der Waals surface area contributed by atoms with Gasteiger partial charge in [-0.1, -0.05) is 29.8 Å². The summed E-state index contributed by atoms with van der Waals surface area (Å²) >= 11 is 0. The van der Waals surface area contributed by atoms with E-state index in [2.05, 4.69) is 5.32 Å². The number of benzene rings is 2. The van der Waals surface area contributed by atoms with E-state index in [0.717, 1.165) is 29.8 Å². The van der Waals surface area contributed by atoms with Crippen LogP contribution in [0.2, 0.25) is 0 Å². The molecule has 0 bridgehead atoms. The predicted molar refractivity (Wildman–Crippen MR) is 115 cm³/mol. The zero-order chi connectivity index (χ0) is 20.9. The fourth-order valence-electron chi connectivity index (χ4n) is 4.95. The van der Waals surface area contributed by atoms with Crippen LogP contribution in [0.3, 0.4) is 0 Å². The highest BCUT2D eigenvalue weighted by Gasteiger charge is 2.62. The van der Waals surface area contributed by atoms with E-state index in [-0.39, 0.29) is 24.3 Å². The van der Waals surface area contributed by atoms with Gasteiger partial charge >= 0.3 is 5.97 Å². The van der Waals surface area contributed by atoms with Crippen molar-refractivity contribution in [2.75, 3.05) is 21.8 Å². The van der Waals surface area contributed by atoms with Gasteiger partial charge < -0.3 is 10.1 Å². The number of amidine groups is 1. The minimum absolute atomic E-state index is 0.0418. The second kappa shape index (κ2) is 6.86. The number of hydrazone groups is 1. The molecule has 1 amide bonds. The van der Waals surface area contributed by atoms with E-state index in [1.165, 1.54) is 0 Å². The Morgan fingerprint density at radius 1 is 1.23 bits per heavy atom. The molecule has 154 valence electrons. The van der Waals surface area contributed by atoms with Crippen LogP contribution in [0, 0.1) is 12.8 Å². The predicted octanol–water partition coefficient (Wildman–Crippen LogP) is 3.65. The molecule has 0 saturated heterocycles. The molecule has 1 saturated carbocycles. The van der Waals surface area contributed by atoms with Gasteiger partial charge in [-0.3, -0.25) is 9.69 Å². The minimum atomic E-state index is -0.784. The number of ether oxygens (including phenoxy) is 1. The van der Waals surface area contributed by atoms with E-state index >= 15 is 0 Å². The summed E-state index contributed by atoms with van der Waals surface area (Å²) in [5, 5.41) is 9.73. The average molecular weight is 404 g/mol. The fraction of sp³-hybridized carbons (Fsp3) is 0.348. The Balaban J connectivity index is 1.76. The number of esters is 1. The van der Waals surface area contributed by atoms with Crippen LogP contribution in [0.25, 0.3) is 0 Å². The lowest BCUT2D eigenvalue weighted by atomic mass is 9.92. The molecule has 0 unspecified atom stereocenters. The van der Waals surface area contributed by atoms with Crippen molar-refractivity contribution < 1.29 is 14.3 Å². The van der Waals surface area contributed by atoms with Crippen molar-refractivity contribution in [1.82, 2.24) is 0 Å². The molecule has 2 aliphatic heterocycles. The average Bonchev–Trinajstić information content (AvgIpc) is 3.30. The Labute approximate surface area is 175 Å². The molecule has 0 radical (unpaired) electrons. The number of carbonyl (C=O) groups is 2. The molecule has 1 aliphatic carbocycles. The molecule has 1 fully saturated rings. The van der Waals surface area contributed by atoms with Crippen molar-refractivity contribution in [1.29, 1.82) is 0 Å². The molecular weight excluding hydrogens is 380 g/mol. The molecule has 3 aliphatic rings. The first-order chi connectivity index (χ1) is 14.6. The maximum Gasteiger partial charge on any atom is 0.376 e. The molecule has 30 heavy (non-hydrogen) atoms. The fourth-order valence-corrected chi connectivity index (χ4v) is 4.95. The van der Waals surface area contributed by atoms with E-state index < -0.39 is 11.6 Å². The summed E-state index contributed by atoms with van der Waals surface area (Å²) in [6.07, 6.45) is 2.30. The van der Waals surface area contributed by atoms with Gasteiger partial charge in [-0.25, -0.2) is 9.80 Å². The lowest BCUT2D eigenvalue weighted by Gasteiger charge is -2.43. The Hall–Kier alpha value is -3.35. The van der Waals surface area contributed by atoms with Gasteiger partial charge in [0.1, 0.15) is 0 Å². The molecular formula is C23H24N4O3. The van der Waals surface area contributed by atoms with Crippen molar-refractivity contribution in [3.8, 4) is 0 Å². The van der Waals surface area contributed by atoms with Gasteiger partial charge in [0.2, 0.25) is 11.7 Å². The number of rotatable bonds is 3. The number of amides is 1. The Bertz CT molecular complexity index is 1050. The molecule has 7 nitrogen and oxygen atoms in total. The van der Waals surface area contributed by atoms with Crippen LogP contribution in [-0.4, -0.2) is 30.0 Å². The number of hydrogen-bond acceptors (Lipinski definition) is 6. The second-order valence-corrected chi connectivity index (χ2v) is 7.96. The second-order valence-electron chi connectivity index (χ2n) is 7.96. The number of carbonyl (C=O) groups excluding carboxylic acids is 2. The smallest absolute Gasteiger partial charge is 0.376 e. The zero-order valence-electron chi connectivity index (χ0n) is 17.1. The summed E-state index contributed by atoms with van der Waals surface area (Å²) in [6, 6.07) is 15.6. The van der Waals surface area contributed by atoms with Crippen molar-refractivity contribution in [3.05, 3.63) is 54.1 Å². The Morgan fingerprint density at radius 2 is 2.00 bits per heavy atom. The molecule has 2 atom stereocenters. The van der Waals surface area contributed by atoms with Gasteiger partial charge in [0.25, 0.3) is 0 Å². The van der Waals surface area contributed by atoms with Crippen molar-refractivity contribution in [2.45, 2.75) is 38.8 Å². The number of para-hydroxylation sites is 2. The molecule has 1 spiro atoms. The van der Waals surface area contributed by atoms with Crippen molar-refractivity contribution in [2.24, 2.45) is 11.0 Å². The van der Waals surface area contributed by atoms with Crippen molar-refractivity contribution >= 4 is 34.8 Å². The lowest BCUT2D eigenvalue weighted by Crippen LogP contribution is -2.61. The normalized spacial score (nSPS) is 24.4. The standard InChI is InChI=1S/C23H24N4O3/c1-3-30-22(29)20-25-27(16-12-10-15(2)11-13-16)23-14-6-7-17(23)21(28)24-18-8-4-5-9-19(18)26(20)23/h4-5,8-13,17H,3,6-7,14H2,1-2H3,(H,24,28)/t17-,23+/m0/s1. The number of anilines is 3. The molecule has 5 rings (SSSR count). The summed E-state index contributed by atoms with van der Waals surface area (Å²) in [6.45, 7) is 4.06. The van der Waals surface area contributed by atoms with E-state index in [1.54, 1.807) is 6.92 Å². The third-order valence-corrected chi connectivity index (χ3v) is 6.21. The van der Waals surface area contributed by atoms with Gasteiger partial charge in [-0.05, 0) is 57.4 Å². The van der Waals surface area contributed by atoms with Gasteiger partial charge in [0.05, 0.1) is 29.6 Å². The van der Waals surface area contributed by atoms with E-state index in [9.17, 15) is 9.59 Å². The number of aryl methyl sites for hydroxylation is 1. The summed E-state index contributed by atoms with van der Waals surface area (Å²) in [5.74, 6) is -0.656. The zero-order valence-corrected chi connectivity index (χ0v) is 17.1. The Morgan fingerprint density at radius 3 is 2.77 bits per heavy atom. The molecule has 2 heterocycles. The van der Waals surface area contributed by atoms with Gasteiger partial charge in [-0.15, -0.1) is 5.10 Å². The molecule has 0 aromatic heterocycles. The first kappa shape index (κ1) is 18.7. The molecule has 2 aromatic rings. The summed E-state index contributed by atoms with van der Waals surface area (Å²) in [5.41, 5.74) is 2.64. The maximum atomic E-state index is 13.3. The van der Waals surface area contributed by atoms with Gasteiger partial charge in [0.15, 0.2) is 5.66 Å². The molecule has 2 aromatic carbocycles. The number of nitrogens with one attached hydrogen (secondary N) is 1. The lowest BCUT2D eigenvalue weighted by molar-refractivity contribution is -0.135. The van der Waals surface area contributed by atoms with Crippen LogP contribution < -0.4 is 15.2 Å². The van der Waals surface area contributed by atoms with E-state index in [0.29, 0.717) is 12.1 Å². The first-order valence-corrected chi connectivity index (χ1v) is 10.4. The molecule has 1 N–H and O–H groups in total. The third kappa shape index (κ3) is 2.54. The van der Waals surface area contributed by atoms with E-state index in [4.69, 9.17) is 9.84 Å². The number of nitrogens with zero attached hydrogens (tertiary/aromatic N) is 3.